The average Bonchev–Trinajstić information content (AvgIpc) is 2.90. The fourth-order valence-electron chi connectivity index (χ4n) is 4.64. The largest absolute Gasteiger partial charge is 0.304 e. The first kappa shape index (κ1) is 24.4. The van der Waals surface area contributed by atoms with E-state index in [1.54, 1.807) is 12.3 Å². The molecule has 1 aromatic heterocycles. The molecule has 1 saturated heterocycles. The Morgan fingerprint density at radius 2 is 1.81 bits per heavy atom. The maximum Gasteiger partial charge on any atom is 0.272 e. The number of carbonyl (C=O) groups is 1. The third-order valence-corrected chi connectivity index (χ3v) is 7.31. The van der Waals surface area contributed by atoms with Crippen molar-refractivity contribution in [3.8, 4) is 11.1 Å². The van der Waals surface area contributed by atoms with E-state index in [1.807, 2.05) is 49.5 Å². The van der Waals surface area contributed by atoms with Gasteiger partial charge in [-0.25, -0.2) is 10.9 Å². The topological polar surface area (TPSA) is 65.7 Å². The highest BCUT2D eigenvalue weighted by atomic mass is 35.5. The summed E-state index contributed by atoms with van der Waals surface area (Å²) in [6.45, 7) is 6.93. The van der Waals surface area contributed by atoms with Crippen LogP contribution in [-0.4, -0.2) is 53.9 Å². The molecule has 0 radical (unpaired) electrons. The highest BCUT2D eigenvalue weighted by molar-refractivity contribution is 6.31. The van der Waals surface area contributed by atoms with Crippen LogP contribution in [0, 0.1) is 6.92 Å². The van der Waals surface area contributed by atoms with Crippen molar-refractivity contribution in [2.75, 3.05) is 38.2 Å². The van der Waals surface area contributed by atoms with E-state index in [1.165, 1.54) is 5.01 Å². The first-order valence-electron chi connectivity index (χ1n) is 12.1. The molecular formula is C29H30ClN5O. The molecule has 36 heavy (non-hydrogen) atoms. The average molecular weight is 500 g/mol. The summed E-state index contributed by atoms with van der Waals surface area (Å²) in [4.78, 5) is 22.2. The predicted octanol–water partition coefficient (Wildman–Crippen LogP) is 5.13. The summed E-state index contributed by atoms with van der Waals surface area (Å²) in [5.41, 5.74) is 5.26. The van der Waals surface area contributed by atoms with Crippen LogP contribution in [0.15, 0.2) is 73.1 Å². The number of fused-ring (bicyclic) bond motifs is 1. The number of hydrogen-bond donors (Lipinski definition) is 1. The van der Waals surface area contributed by atoms with E-state index in [2.05, 4.69) is 40.0 Å². The van der Waals surface area contributed by atoms with Gasteiger partial charge < -0.3 is 4.90 Å². The van der Waals surface area contributed by atoms with Gasteiger partial charge in [0, 0.05) is 61.1 Å². The predicted molar refractivity (Wildman–Crippen MR) is 147 cm³/mol. The molecule has 1 fully saturated rings. The number of nitrogens with zero attached hydrogens (tertiary/aromatic N) is 4. The van der Waals surface area contributed by atoms with Crippen LogP contribution in [0.4, 0.5) is 5.69 Å². The fraction of sp³-hybridized carbons (Fsp3) is 0.241. The van der Waals surface area contributed by atoms with Gasteiger partial charge in [0.2, 0.25) is 0 Å². The van der Waals surface area contributed by atoms with Crippen LogP contribution in [0.1, 0.15) is 21.5 Å². The molecule has 0 unspecified atom stereocenters. The van der Waals surface area contributed by atoms with Gasteiger partial charge in [-0.1, -0.05) is 35.9 Å². The SMILES string of the molecule is Cc1ccc(N(N)C(=O)c2ccc(CN3CCN(C)CC3)c(Cl)c2)cc1-c1ccc2ccncc2c1. The molecule has 1 aliphatic heterocycles. The number of aryl methyl sites for hydroxylation is 1. The molecule has 0 bridgehead atoms. The maximum absolute atomic E-state index is 13.3. The summed E-state index contributed by atoms with van der Waals surface area (Å²) in [7, 11) is 2.14. The van der Waals surface area contributed by atoms with Crippen molar-refractivity contribution in [2.45, 2.75) is 13.5 Å². The summed E-state index contributed by atoms with van der Waals surface area (Å²) in [6.07, 6.45) is 3.64. The van der Waals surface area contributed by atoms with Gasteiger partial charge in [0.05, 0.1) is 5.69 Å². The standard InChI is InChI=1S/C29H30ClN5O/c1-20-3-8-26(17-27(20)22-5-4-21-9-10-32-18-25(21)15-22)35(31)29(36)23-6-7-24(28(30)16-23)19-34-13-11-33(2)12-14-34/h3-10,15-18H,11-14,19,31H2,1-2H3. The van der Waals surface area contributed by atoms with Crippen molar-refractivity contribution >= 4 is 34.0 Å². The summed E-state index contributed by atoms with van der Waals surface area (Å²) >= 11 is 6.59. The maximum atomic E-state index is 13.3. The Balaban J connectivity index is 1.36. The van der Waals surface area contributed by atoms with Gasteiger partial charge in [-0.15, -0.1) is 0 Å². The first-order valence-corrected chi connectivity index (χ1v) is 12.5. The Bertz CT molecular complexity index is 1410. The molecular weight excluding hydrogens is 470 g/mol. The molecule has 2 heterocycles. The second-order valence-corrected chi connectivity index (χ2v) is 9.90. The summed E-state index contributed by atoms with van der Waals surface area (Å²) in [6, 6.07) is 19.5. The highest BCUT2D eigenvalue weighted by Gasteiger charge is 2.19. The fourth-order valence-corrected chi connectivity index (χ4v) is 4.88. The van der Waals surface area contributed by atoms with E-state index < -0.39 is 0 Å². The lowest BCUT2D eigenvalue weighted by Crippen LogP contribution is -2.43. The molecule has 0 spiro atoms. The van der Waals surface area contributed by atoms with Crippen LogP contribution in [0.3, 0.4) is 0 Å². The lowest BCUT2D eigenvalue weighted by atomic mass is 9.97. The minimum Gasteiger partial charge on any atom is -0.304 e. The number of hydrogen-bond acceptors (Lipinski definition) is 5. The minimum absolute atomic E-state index is 0.305. The van der Waals surface area contributed by atoms with Crippen LogP contribution in [0.5, 0.6) is 0 Å². The Morgan fingerprint density at radius 3 is 2.58 bits per heavy atom. The number of nitrogens with two attached hydrogens (primary N) is 1. The van der Waals surface area contributed by atoms with E-state index >= 15 is 0 Å². The number of halogens is 1. The molecule has 0 atom stereocenters. The molecule has 1 amide bonds. The Labute approximate surface area is 216 Å². The number of rotatable bonds is 5. The van der Waals surface area contributed by atoms with E-state index in [0.717, 1.165) is 65.8 Å². The quantitative estimate of drug-likeness (QED) is 0.234. The second-order valence-electron chi connectivity index (χ2n) is 9.50. The monoisotopic (exact) mass is 499 g/mol. The zero-order valence-electron chi connectivity index (χ0n) is 20.6. The molecule has 6 nitrogen and oxygen atoms in total. The molecule has 0 aliphatic carbocycles. The molecule has 7 heteroatoms. The van der Waals surface area contributed by atoms with Crippen molar-refractivity contribution in [3.05, 3.63) is 94.8 Å². The highest BCUT2D eigenvalue weighted by Crippen LogP contribution is 2.30. The smallest absolute Gasteiger partial charge is 0.272 e. The van der Waals surface area contributed by atoms with Crippen LogP contribution in [0.2, 0.25) is 5.02 Å². The summed E-state index contributed by atoms with van der Waals surface area (Å²) < 4.78 is 0. The number of likely N-dealkylation sites (N-methyl/N-ethyl adjacent to an activating group) is 1. The number of amides is 1. The molecule has 2 N–H and O–H groups in total. The minimum atomic E-state index is -0.305. The van der Waals surface area contributed by atoms with E-state index in [-0.39, 0.29) is 5.91 Å². The van der Waals surface area contributed by atoms with E-state index in [0.29, 0.717) is 16.3 Å². The number of aromatic nitrogens is 1. The van der Waals surface area contributed by atoms with Gasteiger partial charge >= 0.3 is 0 Å². The van der Waals surface area contributed by atoms with Crippen LogP contribution >= 0.6 is 11.6 Å². The van der Waals surface area contributed by atoms with Gasteiger partial charge in [-0.3, -0.25) is 14.7 Å². The number of piperazine rings is 1. The summed E-state index contributed by atoms with van der Waals surface area (Å²) in [5.74, 6) is 6.02. The van der Waals surface area contributed by atoms with Crippen molar-refractivity contribution in [1.82, 2.24) is 14.8 Å². The Kier molecular flexibility index (Phi) is 7.03. The number of hydrazine groups is 1. The normalized spacial score (nSPS) is 14.8. The molecule has 184 valence electrons. The molecule has 1 aliphatic rings. The number of benzene rings is 3. The van der Waals surface area contributed by atoms with Gasteiger partial charge in [0.25, 0.3) is 5.91 Å². The lowest BCUT2D eigenvalue weighted by molar-refractivity contribution is 0.0987. The van der Waals surface area contributed by atoms with Gasteiger partial charge in [0.1, 0.15) is 0 Å². The first-order chi connectivity index (χ1) is 17.4. The Morgan fingerprint density at radius 1 is 1.00 bits per heavy atom. The van der Waals surface area contributed by atoms with Crippen molar-refractivity contribution < 1.29 is 4.79 Å². The van der Waals surface area contributed by atoms with Gasteiger partial charge in [-0.05, 0) is 78.0 Å². The molecule has 4 aromatic rings. The number of pyridine rings is 1. The molecule has 3 aromatic carbocycles. The van der Waals surface area contributed by atoms with Crippen molar-refractivity contribution in [3.63, 3.8) is 0 Å². The van der Waals surface area contributed by atoms with Gasteiger partial charge in [0.15, 0.2) is 0 Å². The number of anilines is 1. The molecule has 0 saturated carbocycles. The molecule has 5 rings (SSSR count). The third kappa shape index (κ3) is 5.13. The summed E-state index contributed by atoms with van der Waals surface area (Å²) in [5, 5.41) is 3.97. The van der Waals surface area contributed by atoms with Crippen molar-refractivity contribution in [2.24, 2.45) is 5.84 Å². The van der Waals surface area contributed by atoms with E-state index in [9.17, 15) is 4.79 Å². The lowest BCUT2D eigenvalue weighted by Gasteiger charge is -2.32. The van der Waals surface area contributed by atoms with Gasteiger partial charge in [-0.2, -0.15) is 0 Å². The van der Waals surface area contributed by atoms with E-state index in [4.69, 9.17) is 17.4 Å². The van der Waals surface area contributed by atoms with Crippen LogP contribution < -0.4 is 10.9 Å². The zero-order valence-corrected chi connectivity index (χ0v) is 21.4. The zero-order chi connectivity index (χ0) is 25.2. The second kappa shape index (κ2) is 10.4. The Hall–Kier alpha value is -3.29. The van der Waals surface area contributed by atoms with Crippen LogP contribution in [-0.2, 0) is 6.54 Å². The van der Waals surface area contributed by atoms with Crippen LogP contribution in [0.25, 0.3) is 21.9 Å². The number of carbonyl (C=O) groups excluding carboxylic acids is 1. The third-order valence-electron chi connectivity index (χ3n) is 6.96. The van der Waals surface area contributed by atoms with Crippen molar-refractivity contribution in [1.29, 1.82) is 0 Å².